The number of alkyl carbamates (subject to hydrolysis) is 1. The van der Waals surface area contributed by atoms with E-state index in [0.717, 1.165) is 5.56 Å². The number of aliphatic hydroxyl groups excluding tert-OH is 1. The second kappa shape index (κ2) is 18.5. The Kier molecular flexibility index (Phi) is 14.8. The highest BCUT2D eigenvalue weighted by Crippen LogP contribution is 2.18. The van der Waals surface area contributed by atoms with Gasteiger partial charge in [0.15, 0.2) is 0 Å². The van der Waals surface area contributed by atoms with E-state index in [0.29, 0.717) is 24.5 Å². The number of carbonyl (C=O) groups is 5. The van der Waals surface area contributed by atoms with Gasteiger partial charge in [-0.25, -0.2) is 9.78 Å². The molecule has 1 saturated heterocycles. The van der Waals surface area contributed by atoms with E-state index in [1.807, 2.05) is 58.0 Å². The molecule has 3 rings (SSSR count). The smallest absolute Gasteiger partial charge is 0.408 e. The minimum absolute atomic E-state index is 0.0104. The van der Waals surface area contributed by atoms with Crippen molar-refractivity contribution < 1.29 is 33.8 Å². The fourth-order valence-electron chi connectivity index (χ4n) is 5.89. The van der Waals surface area contributed by atoms with Crippen molar-refractivity contribution in [2.45, 2.75) is 129 Å². The Morgan fingerprint density at radius 1 is 0.960 bits per heavy atom. The van der Waals surface area contributed by atoms with Gasteiger partial charge in [-0.1, -0.05) is 58.0 Å². The lowest BCUT2D eigenvalue weighted by molar-refractivity contribution is -0.131. The van der Waals surface area contributed by atoms with Crippen LogP contribution in [-0.2, 0) is 36.8 Å². The SMILES string of the molecule is CC(C)C[C@H](NC(=O)[C@H](Cc1c[nH]cn1)NC(=O)[C@H](Cc1ccccc1)NC(=O)OC(C)(C)C)[C@@H](O)CC(=O)N[C@@H]1CC(=O)N[C@H]1CC(C)C. The van der Waals surface area contributed by atoms with Gasteiger partial charge in [-0.05, 0) is 51.0 Å². The first-order chi connectivity index (χ1) is 23.5. The first-order valence-electron chi connectivity index (χ1n) is 17.4. The van der Waals surface area contributed by atoms with Crippen LogP contribution in [0.2, 0.25) is 0 Å². The van der Waals surface area contributed by atoms with E-state index < -0.39 is 59.7 Å². The zero-order chi connectivity index (χ0) is 37.0. The molecule has 0 spiro atoms. The zero-order valence-corrected chi connectivity index (χ0v) is 30.2. The second-order valence-electron chi connectivity index (χ2n) is 14.9. The summed E-state index contributed by atoms with van der Waals surface area (Å²) in [7, 11) is 0. The largest absolute Gasteiger partial charge is 0.444 e. The summed E-state index contributed by atoms with van der Waals surface area (Å²) in [6.07, 6.45) is 2.07. The topological polar surface area (TPSA) is 204 Å². The monoisotopic (exact) mass is 697 g/mol. The molecule has 1 aliphatic rings. The molecule has 0 unspecified atom stereocenters. The maximum Gasteiger partial charge on any atom is 0.408 e. The summed E-state index contributed by atoms with van der Waals surface area (Å²) in [5.74, 6) is -1.43. The van der Waals surface area contributed by atoms with Crippen LogP contribution in [0, 0.1) is 11.8 Å². The molecule has 0 saturated carbocycles. The van der Waals surface area contributed by atoms with Crippen LogP contribution in [0.1, 0.15) is 85.4 Å². The molecule has 1 aliphatic heterocycles. The normalized spacial score (nSPS) is 18.5. The van der Waals surface area contributed by atoms with Gasteiger partial charge < -0.3 is 41.4 Å². The van der Waals surface area contributed by atoms with Crippen LogP contribution in [0.25, 0.3) is 0 Å². The van der Waals surface area contributed by atoms with Crippen LogP contribution >= 0.6 is 0 Å². The molecule has 2 heterocycles. The van der Waals surface area contributed by atoms with Crippen LogP contribution in [-0.4, -0.2) is 86.7 Å². The fraction of sp³-hybridized carbons (Fsp3) is 0.611. The highest BCUT2D eigenvalue weighted by molar-refractivity contribution is 5.92. The average Bonchev–Trinajstić information content (AvgIpc) is 3.63. The predicted octanol–water partition coefficient (Wildman–Crippen LogP) is 2.27. The summed E-state index contributed by atoms with van der Waals surface area (Å²) in [4.78, 5) is 72.7. The van der Waals surface area contributed by atoms with Gasteiger partial charge in [0, 0.05) is 31.5 Å². The predicted molar refractivity (Wildman–Crippen MR) is 187 cm³/mol. The number of hydrogen-bond acceptors (Lipinski definition) is 8. The van der Waals surface area contributed by atoms with Crippen molar-refractivity contribution >= 4 is 29.7 Å². The number of benzene rings is 1. The van der Waals surface area contributed by atoms with Crippen LogP contribution in [0.5, 0.6) is 0 Å². The van der Waals surface area contributed by atoms with Crippen LogP contribution in [0.4, 0.5) is 4.79 Å². The van der Waals surface area contributed by atoms with Gasteiger partial charge in [0.2, 0.25) is 23.6 Å². The van der Waals surface area contributed by atoms with Crippen molar-refractivity contribution in [3.05, 3.63) is 54.1 Å². The summed E-state index contributed by atoms with van der Waals surface area (Å²) in [5, 5.41) is 25.3. The fourth-order valence-corrected chi connectivity index (χ4v) is 5.89. The minimum atomic E-state index is -1.25. The molecular weight excluding hydrogens is 642 g/mol. The molecular formula is C36H55N7O7. The summed E-state index contributed by atoms with van der Waals surface area (Å²) in [6, 6.07) is 5.47. The van der Waals surface area contributed by atoms with Gasteiger partial charge in [-0.15, -0.1) is 0 Å². The number of rotatable bonds is 17. The third-order valence-electron chi connectivity index (χ3n) is 8.11. The molecule has 1 aromatic heterocycles. The number of hydrogen-bond donors (Lipinski definition) is 7. The Hall–Kier alpha value is -4.46. The van der Waals surface area contributed by atoms with Gasteiger partial charge >= 0.3 is 6.09 Å². The van der Waals surface area contributed by atoms with Gasteiger partial charge in [-0.2, -0.15) is 0 Å². The van der Waals surface area contributed by atoms with Crippen molar-refractivity contribution in [2.24, 2.45) is 11.8 Å². The van der Waals surface area contributed by atoms with Crippen molar-refractivity contribution in [1.82, 2.24) is 36.6 Å². The van der Waals surface area contributed by atoms with Gasteiger partial charge in [-0.3, -0.25) is 19.2 Å². The number of nitrogens with one attached hydrogen (secondary N) is 6. The lowest BCUT2D eigenvalue weighted by Gasteiger charge is -2.29. The maximum absolute atomic E-state index is 13.9. The summed E-state index contributed by atoms with van der Waals surface area (Å²) < 4.78 is 5.41. The van der Waals surface area contributed by atoms with E-state index in [4.69, 9.17) is 4.74 Å². The molecule has 6 atom stereocenters. The Balaban J connectivity index is 1.77. The Morgan fingerprint density at radius 2 is 1.62 bits per heavy atom. The first-order valence-corrected chi connectivity index (χ1v) is 17.4. The summed E-state index contributed by atoms with van der Waals surface area (Å²) >= 11 is 0. The number of nitrogens with zero attached hydrogens (tertiary/aromatic N) is 1. The van der Waals surface area contributed by atoms with Crippen LogP contribution in [0.3, 0.4) is 0 Å². The molecule has 1 aromatic carbocycles. The number of aromatic nitrogens is 2. The second-order valence-corrected chi connectivity index (χ2v) is 14.9. The minimum Gasteiger partial charge on any atom is -0.444 e. The molecule has 0 radical (unpaired) electrons. The highest BCUT2D eigenvalue weighted by atomic mass is 16.6. The van der Waals surface area contributed by atoms with E-state index in [1.165, 1.54) is 6.33 Å². The number of aliphatic hydroxyl groups is 1. The Morgan fingerprint density at radius 3 is 2.22 bits per heavy atom. The van der Waals surface area contributed by atoms with Crippen molar-refractivity contribution in [3.63, 3.8) is 0 Å². The number of aromatic amines is 1. The number of ether oxygens (including phenoxy) is 1. The summed E-state index contributed by atoms with van der Waals surface area (Å²) in [5.41, 5.74) is 0.481. The number of amides is 5. The van der Waals surface area contributed by atoms with E-state index in [-0.39, 0.29) is 43.6 Å². The van der Waals surface area contributed by atoms with Gasteiger partial charge in [0.05, 0.1) is 36.6 Å². The molecule has 0 bridgehead atoms. The van der Waals surface area contributed by atoms with Crippen molar-refractivity contribution in [2.75, 3.05) is 0 Å². The molecule has 7 N–H and O–H groups in total. The molecule has 2 aromatic rings. The summed E-state index contributed by atoms with van der Waals surface area (Å²) in [6.45, 7) is 13.1. The van der Waals surface area contributed by atoms with E-state index in [9.17, 15) is 29.1 Å². The molecule has 1 fully saturated rings. The van der Waals surface area contributed by atoms with Crippen molar-refractivity contribution in [1.29, 1.82) is 0 Å². The first kappa shape index (κ1) is 40.0. The maximum atomic E-state index is 13.9. The molecule has 14 nitrogen and oxygen atoms in total. The van der Waals surface area contributed by atoms with Gasteiger partial charge in [0.1, 0.15) is 17.7 Å². The third kappa shape index (κ3) is 13.8. The molecule has 0 aliphatic carbocycles. The highest BCUT2D eigenvalue weighted by Gasteiger charge is 2.36. The third-order valence-corrected chi connectivity index (χ3v) is 8.11. The van der Waals surface area contributed by atoms with E-state index >= 15 is 0 Å². The van der Waals surface area contributed by atoms with E-state index in [2.05, 4.69) is 36.6 Å². The molecule has 276 valence electrons. The van der Waals surface area contributed by atoms with Crippen LogP contribution in [0.15, 0.2) is 42.9 Å². The zero-order valence-electron chi connectivity index (χ0n) is 30.2. The van der Waals surface area contributed by atoms with Crippen LogP contribution < -0.4 is 26.6 Å². The molecule has 14 heteroatoms. The molecule has 5 amide bonds. The standard InChI is InChI=1S/C36H55N7O7/c1-21(2)13-25-26(17-31(45)39-25)40-32(46)18-30(44)27(14-22(3)4)41-34(48)29(16-24-19-37-20-38-24)42-33(47)28(15-23-11-9-8-10-12-23)43-35(49)50-36(5,6)7/h8-12,19-22,25-30,44H,13-18H2,1-7H3,(H,37,38)(H,39,45)(H,40,46)(H,41,48)(H,42,47)(H,43,49)/t25-,26+,27-,28-,29-,30-/m0/s1. The quantitative estimate of drug-likeness (QED) is 0.130. The Labute approximate surface area is 294 Å². The lowest BCUT2D eigenvalue weighted by atomic mass is 9.95. The number of carbonyl (C=O) groups excluding carboxylic acids is 5. The molecule has 50 heavy (non-hydrogen) atoms. The average molecular weight is 698 g/mol. The van der Waals surface area contributed by atoms with Crippen molar-refractivity contribution in [3.8, 4) is 0 Å². The number of H-pyrrole nitrogens is 1. The Bertz CT molecular complexity index is 1410. The van der Waals surface area contributed by atoms with E-state index in [1.54, 1.807) is 27.0 Å². The van der Waals surface area contributed by atoms with Gasteiger partial charge in [0.25, 0.3) is 0 Å². The number of imidazole rings is 1. The lowest BCUT2D eigenvalue weighted by Crippen LogP contribution is -2.58.